The SMILES string of the molecule is C#CC/C=C(\C=C/CF)c1cccnc(NC/C(C)=C/CNS(C)=O)nccn1.CC=NCC.CNC1(C(F)(F)F)CC1. The van der Waals surface area contributed by atoms with Crippen molar-refractivity contribution in [2.75, 3.05) is 44.9 Å². The molecular formula is C30H43F4N7OS. The summed E-state index contributed by atoms with van der Waals surface area (Å²) < 4.78 is 61.8. The van der Waals surface area contributed by atoms with Crippen LogP contribution in [0, 0.1) is 12.3 Å². The molecule has 1 aromatic rings. The van der Waals surface area contributed by atoms with Crippen LogP contribution >= 0.6 is 0 Å². The lowest BCUT2D eigenvalue weighted by molar-refractivity contribution is -0.164. The average molecular weight is 626 g/mol. The van der Waals surface area contributed by atoms with Gasteiger partial charge in [0.2, 0.25) is 5.95 Å². The molecule has 0 radical (unpaired) electrons. The maximum atomic E-state index is 12.5. The second-order valence-electron chi connectivity index (χ2n) is 8.82. The minimum atomic E-state index is -4.05. The van der Waals surface area contributed by atoms with Gasteiger partial charge < -0.3 is 10.6 Å². The first kappa shape index (κ1) is 39.5. The van der Waals surface area contributed by atoms with Crippen molar-refractivity contribution in [1.29, 1.82) is 0 Å². The molecule has 0 aromatic carbocycles. The number of anilines is 1. The molecule has 43 heavy (non-hydrogen) atoms. The van der Waals surface area contributed by atoms with Gasteiger partial charge in [0.15, 0.2) is 0 Å². The zero-order valence-corrected chi connectivity index (χ0v) is 26.2. The number of allylic oxidation sites excluding steroid dienone is 4. The van der Waals surface area contributed by atoms with Crippen LogP contribution in [0.1, 0.15) is 45.7 Å². The summed E-state index contributed by atoms with van der Waals surface area (Å²) >= 11 is 0. The van der Waals surface area contributed by atoms with Crippen LogP contribution in [0.5, 0.6) is 0 Å². The number of hydrogen-bond donors (Lipinski definition) is 3. The van der Waals surface area contributed by atoms with Crippen molar-refractivity contribution < 1.29 is 21.8 Å². The molecule has 1 unspecified atom stereocenters. The van der Waals surface area contributed by atoms with Crippen molar-refractivity contribution in [3.05, 3.63) is 66.3 Å². The number of aromatic nitrogens is 3. The summed E-state index contributed by atoms with van der Waals surface area (Å²) in [6.07, 6.45) is 17.0. The normalized spacial score (nSPS) is 14.9. The van der Waals surface area contributed by atoms with Crippen LogP contribution in [0.25, 0.3) is 5.57 Å². The van der Waals surface area contributed by atoms with Crippen molar-refractivity contribution in [3.8, 4) is 12.3 Å². The fourth-order valence-electron chi connectivity index (χ4n) is 3.01. The molecule has 8 nitrogen and oxygen atoms in total. The van der Waals surface area contributed by atoms with E-state index < -0.39 is 29.4 Å². The number of halogens is 4. The van der Waals surface area contributed by atoms with Crippen molar-refractivity contribution in [2.24, 2.45) is 4.99 Å². The van der Waals surface area contributed by atoms with Gasteiger partial charge in [-0.1, -0.05) is 29.9 Å². The van der Waals surface area contributed by atoms with Gasteiger partial charge in [-0.25, -0.2) is 23.3 Å². The van der Waals surface area contributed by atoms with E-state index in [1.54, 1.807) is 49.1 Å². The van der Waals surface area contributed by atoms with E-state index in [0.29, 0.717) is 31.2 Å². The maximum absolute atomic E-state index is 12.5. The Hall–Kier alpha value is -3.47. The number of aliphatic imine (C=N–C) groups is 1. The minimum Gasteiger partial charge on any atom is -0.350 e. The van der Waals surface area contributed by atoms with Gasteiger partial charge in [0.05, 0.1) is 16.7 Å². The summed E-state index contributed by atoms with van der Waals surface area (Å²) in [6, 6.07) is 3.49. The van der Waals surface area contributed by atoms with Crippen LogP contribution < -0.4 is 15.4 Å². The number of terminal acetylenes is 1. The summed E-state index contributed by atoms with van der Waals surface area (Å²) in [5, 5.41) is 5.39. The van der Waals surface area contributed by atoms with E-state index in [-0.39, 0.29) is 12.8 Å². The fourth-order valence-corrected chi connectivity index (χ4v) is 3.33. The average Bonchev–Trinajstić information content (AvgIpc) is 3.78. The quantitative estimate of drug-likeness (QED) is 0.0923. The second kappa shape index (κ2) is 23.0. The molecule has 1 heterocycles. The highest BCUT2D eigenvalue weighted by Gasteiger charge is 2.62. The van der Waals surface area contributed by atoms with Gasteiger partial charge in [0.25, 0.3) is 0 Å². The zero-order chi connectivity index (χ0) is 32.6. The number of nitrogens with one attached hydrogen (secondary N) is 3. The molecule has 1 atom stereocenters. The molecule has 1 aromatic heterocycles. The van der Waals surface area contributed by atoms with Gasteiger partial charge in [0.1, 0.15) is 12.2 Å². The van der Waals surface area contributed by atoms with E-state index in [1.807, 2.05) is 26.8 Å². The van der Waals surface area contributed by atoms with E-state index in [0.717, 1.165) is 17.7 Å². The van der Waals surface area contributed by atoms with Gasteiger partial charge >= 0.3 is 6.18 Å². The van der Waals surface area contributed by atoms with Gasteiger partial charge in [-0.05, 0) is 64.6 Å². The van der Waals surface area contributed by atoms with E-state index in [1.165, 1.54) is 19.3 Å². The lowest BCUT2D eigenvalue weighted by Crippen LogP contribution is -2.42. The molecule has 238 valence electrons. The Morgan fingerprint density at radius 3 is 2.37 bits per heavy atom. The summed E-state index contributed by atoms with van der Waals surface area (Å²) in [7, 11) is 0.311. The fraction of sp³-hybridized carbons (Fsp3) is 0.467. The van der Waals surface area contributed by atoms with Crippen LogP contribution in [0.2, 0.25) is 0 Å². The van der Waals surface area contributed by atoms with Gasteiger partial charge in [-0.15, -0.1) is 12.3 Å². The third-order valence-corrected chi connectivity index (χ3v) is 6.11. The van der Waals surface area contributed by atoms with E-state index in [2.05, 4.69) is 41.2 Å². The number of rotatable bonds is 12. The molecule has 1 fully saturated rings. The Morgan fingerprint density at radius 1 is 1.21 bits per heavy atom. The maximum Gasteiger partial charge on any atom is 0.406 e. The van der Waals surface area contributed by atoms with E-state index >= 15 is 0 Å². The van der Waals surface area contributed by atoms with E-state index in [4.69, 9.17) is 6.42 Å². The Labute approximate surface area is 255 Å². The van der Waals surface area contributed by atoms with Gasteiger partial charge in [0, 0.05) is 50.9 Å². The molecule has 0 bridgehead atoms. The number of alkyl halides is 4. The standard InChI is InChI=1S/C21H26FN5OS.C5H8F3N.C4H9N/c1-4-5-8-19(9-6-12-22)20-10-7-13-24-21(25-16-15-23-20)26-17-18(2)11-14-27-29(3)28;1-9-4(2-3-4)5(6,7)8;1-3-5-4-2/h1,6-11,13,15-16,27H,5,12,14,17H2,2-3H3,(H,24,25,26);9H,2-3H2,1H3;3H,4H2,1-2H3/b9-6-,18-11+,19-8+;;. The van der Waals surface area contributed by atoms with Gasteiger partial charge in [-0.2, -0.15) is 13.2 Å². The summed E-state index contributed by atoms with van der Waals surface area (Å²) in [6.45, 7) is 7.31. The van der Waals surface area contributed by atoms with Crippen molar-refractivity contribution >= 4 is 28.7 Å². The predicted molar refractivity (Wildman–Crippen MR) is 170 cm³/mol. The first-order chi connectivity index (χ1) is 20.5. The summed E-state index contributed by atoms with van der Waals surface area (Å²) in [4.78, 5) is 16.7. The molecular weight excluding hydrogens is 582 g/mol. The predicted octanol–water partition coefficient (Wildman–Crippen LogP) is 5.57. The second-order valence-corrected chi connectivity index (χ2v) is 10.0. The van der Waals surface area contributed by atoms with Crippen molar-refractivity contribution in [3.63, 3.8) is 0 Å². The van der Waals surface area contributed by atoms with Crippen LogP contribution in [0.3, 0.4) is 0 Å². The largest absolute Gasteiger partial charge is 0.406 e. The lowest BCUT2D eigenvalue weighted by Gasteiger charge is -2.17. The van der Waals surface area contributed by atoms with Crippen LogP contribution in [-0.4, -0.2) is 76.7 Å². The molecule has 1 aliphatic carbocycles. The topological polar surface area (TPSA) is 104 Å². The van der Waals surface area contributed by atoms with Crippen LogP contribution in [0.15, 0.2) is 65.6 Å². The minimum absolute atomic E-state index is 0.229. The monoisotopic (exact) mass is 625 g/mol. The highest BCUT2D eigenvalue weighted by molar-refractivity contribution is 7.82. The summed E-state index contributed by atoms with van der Waals surface area (Å²) in [5.74, 6) is 2.96. The molecule has 1 saturated carbocycles. The van der Waals surface area contributed by atoms with Gasteiger partial charge in [-0.3, -0.25) is 9.98 Å². The molecule has 0 amide bonds. The molecule has 2 rings (SSSR count). The van der Waals surface area contributed by atoms with Crippen molar-refractivity contribution in [1.82, 2.24) is 25.0 Å². The summed E-state index contributed by atoms with van der Waals surface area (Å²) in [5.41, 5.74) is 0.882. The first-order valence-electron chi connectivity index (χ1n) is 13.5. The smallest absolute Gasteiger partial charge is 0.350 e. The molecule has 13 heteroatoms. The molecule has 0 spiro atoms. The van der Waals surface area contributed by atoms with Crippen LogP contribution in [-0.2, 0) is 11.0 Å². The Balaban J connectivity index is 0.00000103. The van der Waals surface area contributed by atoms with E-state index in [9.17, 15) is 21.8 Å². The molecule has 3 N–H and O–H groups in total. The number of hydrogen-bond acceptors (Lipinski definition) is 7. The lowest BCUT2D eigenvalue weighted by atomic mass is 10.1. The third kappa shape index (κ3) is 18.6. The Bertz CT molecular complexity index is 1160. The molecule has 0 aliphatic heterocycles. The van der Waals surface area contributed by atoms with Crippen molar-refractivity contribution in [2.45, 2.75) is 51.7 Å². The van der Waals surface area contributed by atoms with Crippen LogP contribution in [0.4, 0.5) is 23.5 Å². The first-order valence-corrected chi connectivity index (χ1v) is 15.1. The Morgan fingerprint density at radius 2 is 1.88 bits per heavy atom. The number of nitrogens with zero attached hydrogens (tertiary/aromatic N) is 4. The Kier molecular flexibility index (Phi) is 21.2. The molecule has 1 aliphatic rings. The zero-order valence-electron chi connectivity index (χ0n) is 25.4. The third-order valence-electron chi connectivity index (χ3n) is 5.53. The highest BCUT2D eigenvalue weighted by Crippen LogP contribution is 2.48. The molecule has 0 saturated heterocycles. The highest BCUT2D eigenvalue weighted by atomic mass is 32.2.